The molecule has 124 valence electrons. The third-order valence-electron chi connectivity index (χ3n) is 3.70. The van der Waals surface area contributed by atoms with Gasteiger partial charge in [0, 0.05) is 11.6 Å². The summed E-state index contributed by atoms with van der Waals surface area (Å²) < 4.78 is 1.63. The highest BCUT2D eigenvalue weighted by atomic mass is 35.5. The van der Waals surface area contributed by atoms with Gasteiger partial charge in [-0.15, -0.1) is 0 Å². The quantitative estimate of drug-likeness (QED) is 0.563. The molecule has 0 fully saturated rings. The lowest BCUT2D eigenvalue weighted by Gasteiger charge is -2.08. The molecule has 0 unspecified atom stereocenters. The van der Waals surface area contributed by atoms with Crippen LogP contribution in [0.4, 0.5) is 5.69 Å². The molecule has 0 aliphatic carbocycles. The van der Waals surface area contributed by atoms with Gasteiger partial charge in [-0.2, -0.15) is 10.2 Å². The molecule has 8 heteroatoms. The van der Waals surface area contributed by atoms with E-state index in [2.05, 4.69) is 20.6 Å². The first-order valence-electron chi connectivity index (χ1n) is 7.37. The number of carbonyl (C=O) groups excluding carboxylic acids is 1. The zero-order chi connectivity index (χ0) is 17.4. The van der Waals surface area contributed by atoms with Crippen molar-refractivity contribution in [3.8, 4) is 5.82 Å². The molecule has 0 saturated carbocycles. The van der Waals surface area contributed by atoms with Crippen LogP contribution < -0.4 is 5.32 Å². The Hall–Kier alpha value is -2.83. The molecule has 1 amide bonds. The van der Waals surface area contributed by atoms with E-state index in [4.69, 9.17) is 23.2 Å². The number of nitrogens with one attached hydrogen (secondary N) is 2. The minimum atomic E-state index is -0.421. The monoisotopic (exact) mass is 371 g/mol. The van der Waals surface area contributed by atoms with Gasteiger partial charge in [-0.1, -0.05) is 47.5 Å². The van der Waals surface area contributed by atoms with Crippen LogP contribution >= 0.6 is 23.2 Å². The molecule has 2 aromatic heterocycles. The summed E-state index contributed by atoms with van der Waals surface area (Å²) in [6.45, 7) is 0. The molecule has 0 bridgehead atoms. The van der Waals surface area contributed by atoms with Gasteiger partial charge >= 0.3 is 0 Å². The topological polar surface area (TPSA) is 75.6 Å². The number of nitrogens with zero attached hydrogens (tertiary/aromatic N) is 3. The maximum absolute atomic E-state index is 12.6. The molecule has 0 atom stereocenters. The van der Waals surface area contributed by atoms with E-state index < -0.39 is 5.91 Å². The van der Waals surface area contributed by atoms with Crippen LogP contribution in [0.15, 0.2) is 54.9 Å². The number of benzene rings is 2. The SMILES string of the molecule is O=C(Nc1cn[nH]c1-n1cc2ccccc2n1)c1c(Cl)cccc1Cl. The Balaban J connectivity index is 1.69. The van der Waals surface area contributed by atoms with Crippen molar-refractivity contribution < 1.29 is 4.79 Å². The highest BCUT2D eigenvalue weighted by Crippen LogP contribution is 2.26. The van der Waals surface area contributed by atoms with Crippen molar-refractivity contribution in [2.24, 2.45) is 0 Å². The zero-order valence-corrected chi connectivity index (χ0v) is 14.2. The molecule has 4 rings (SSSR count). The van der Waals surface area contributed by atoms with Crippen molar-refractivity contribution in [1.82, 2.24) is 20.0 Å². The lowest BCUT2D eigenvalue weighted by Crippen LogP contribution is -2.14. The summed E-state index contributed by atoms with van der Waals surface area (Å²) in [4.78, 5) is 12.6. The molecule has 0 aliphatic rings. The minimum absolute atomic E-state index is 0.212. The Morgan fingerprint density at radius 2 is 1.84 bits per heavy atom. The van der Waals surface area contributed by atoms with Gasteiger partial charge < -0.3 is 5.32 Å². The Kier molecular flexibility index (Phi) is 3.91. The highest BCUT2D eigenvalue weighted by molar-refractivity contribution is 6.40. The van der Waals surface area contributed by atoms with Crippen molar-refractivity contribution >= 4 is 45.7 Å². The summed E-state index contributed by atoms with van der Waals surface area (Å²) in [6, 6.07) is 12.6. The van der Waals surface area contributed by atoms with E-state index in [1.54, 1.807) is 22.9 Å². The normalized spacial score (nSPS) is 11.0. The minimum Gasteiger partial charge on any atom is -0.317 e. The van der Waals surface area contributed by atoms with Gasteiger partial charge in [0.2, 0.25) is 0 Å². The van der Waals surface area contributed by atoms with Gasteiger partial charge in [-0.05, 0) is 18.2 Å². The number of fused-ring (bicyclic) bond motifs is 1. The van der Waals surface area contributed by atoms with E-state index in [1.807, 2.05) is 30.5 Å². The van der Waals surface area contributed by atoms with E-state index in [1.165, 1.54) is 6.20 Å². The second-order valence-corrected chi connectivity index (χ2v) is 6.13. The van der Waals surface area contributed by atoms with Crippen LogP contribution in [0.3, 0.4) is 0 Å². The molecule has 2 heterocycles. The van der Waals surface area contributed by atoms with Crippen molar-refractivity contribution in [3.63, 3.8) is 0 Å². The van der Waals surface area contributed by atoms with Gasteiger partial charge in [0.1, 0.15) is 5.69 Å². The number of halogens is 2. The Morgan fingerprint density at radius 3 is 2.60 bits per heavy atom. The molecule has 2 aromatic carbocycles. The van der Waals surface area contributed by atoms with E-state index >= 15 is 0 Å². The predicted octanol–water partition coefficient (Wildman–Crippen LogP) is 4.31. The molecule has 0 aliphatic heterocycles. The first-order valence-corrected chi connectivity index (χ1v) is 8.12. The molecule has 4 aromatic rings. The Morgan fingerprint density at radius 1 is 1.08 bits per heavy atom. The van der Waals surface area contributed by atoms with Crippen molar-refractivity contribution in [3.05, 3.63) is 70.5 Å². The maximum Gasteiger partial charge on any atom is 0.258 e. The molecular formula is C17H11Cl2N5O. The molecule has 0 saturated heterocycles. The third-order valence-corrected chi connectivity index (χ3v) is 4.33. The van der Waals surface area contributed by atoms with E-state index in [0.29, 0.717) is 11.5 Å². The van der Waals surface area contributed by atoms with Crippen LogP contribution in [0.25, 0.3) is 16.7 Å². The fourth-order valence-electron chi connectivity index (χ4n) is 2.52. The Labute approximate surface area is 152 Å². The smallest absolute Gasteiger partial charge is 0.258 e. The average Bonchev–Trinajstić information content (AvgIpc) is 3.20. The summed E-state index contributed by atoms with van der Waals surface area (Å²) in [5, 5.41) is 15.6. The van der Waals surface area contributed by atoms with Crippen LogP contribution in [0, 0.1) is 0 Å². The van der Waals surface area contributed by atoms with Gasteiger partial charge in [0.05, 0.1) is 27.3 Å². The number of aromatic amines is 1. The molecule has 0 radical (unpaired) electrons. The molecule has 6 nitrogen and oxygen atoms in total. The molecule has 25 heavy (non-hydrogen) atoms. The lowest BCUT2D eigenvalue weighted by atomic mass is 10.2. The predicted molar refractivity (Wildman–Crippen MR) is 97.6 cm³/mol. The molecule has 2 N–H and O–H groups in total. The van der Waals surface area contributed by atoms with E-state index in [9.17, 15) is 4.79 Å². The van der Waals surface area contributed by atoms with E-state index in [-0.39, 0.29) is 15.6 Å². The number of amides is 1. The van der Waals surface area contributed by atoms with Crippen LogP contribution in [0.2, 0.25) is 10.0 Å². The van der Waals surface area contributed by atoms with Crippen LogP contribution in [-0.4, -0.2) is 25.9 Å². The first-order chi connectivity index (χ1) is 12.1. The summed E-state index contributed by atoms with van der Waals surface area (Å²) in [5.74, 6) is 0.114. The summed E-state index contributed by atoms with van der Waals surface area (Å²) in [7, 11) is 0. The fourth-order valence-corrected chi connectivity index (χ4v) is 3.09. The average molecular weight is 372 g/mol. The fraction of sp³-hybridized carbons (Fsp3) is 0. The maximum atomic E-state index is 12.6. The van der Waals surface area contributed by atoms with Gasteiger partial charge in [-0.3, -0.25) is 9.89 Å². The summed E-state index contributed by atoms with van der Waals surface area (Å²) in [6.07, 6.45) is 3.35. The van der Waals surface area contributed by atoms with Gasteiger partial charge in [0.25, 0.3) is 5.91 Å². The van der Waals surface area contributed by atoms with Crippen molar-refractivity contribution in [1.29, 1.82) is 0 Å². The van der Waals surface area contributed by atoms with Crippen molar-refractivity contribution in [2.45, 2.75) is 0 Å². The number of rotatable bonds is 3. The van der Waals surface area contributed by atoms with Crippen molar-refractivity contribution in [2.75, 3.05) is 5.32 Å². The third kappa shape index (κ3) is 2.86. The first kappa shape index (κ1) is 15.7. The van der Waals surface area contributed by atoms with Gasteiger partial charge in [-0.25, -0.2) is 4.68 Å². The number of H-pyrrole nitrogens is 1. The largest absolute Gasteiger partial charge is 0.317 e. The van der Waals surface area contributed by atoms with Crippen LogP contribution in [0.5, 0.6) is 0 Å². The van der Waals surface area contributed by atoms with Gasteiger partial charge in [0.15, 0.2) is 5.82 Å². The molecular weight excluding hydrogens is 361 g/mol. The summed E-state index contributed by atoms with van der Waals surface area (Å²) in [5.41, 5.74) is 1.51. The number of carbonyl (C=O) groups is 1. The van der Waals surface area contributed by atoms with Crippen LogP contribution in [0.1, 0.15) is 10.4 Å². The lowest BCUT2D eigenvalue weighted by molar-refractivity contribution is 0.102. The summed E-state index contributed by atoms with van der Waals surface area (Å²) >= 11 is 12.2. The number of anilines is 1. The highest BCUT2D eigenvalue weighted by Gasteiger charge is 2.18. The number of hydrogen-bond acceptors (Lipinski definition) is 3. The van der Waals surface area contributed by atoms with E-state index in [0.717, 1.165) is 10.9 Å². The zero-order valence-electron chi connectivity index (χ0n) is 12.7. The standard InChI is InChI=1S/C17H11Cl2N5O/c18-11-5-3-6-12(19)15(11)17(25)21-14-8-20-22-16(14)24-9-10-4-1-2-7-13(10)23-24/h1-9H,(H,20,22)(H,21,25). The second-order valence-electron chi connectivity index (χ2n) is 5.32. The Bertz CT molecular complexity index is 1030. The number of hydrogen-bond donors (Lipinski definition) is 2. The second kappa shape index (κ2) is 6.23. The molecule has 0 spiro atoms. The van der Waals surface area contributed by atoms with Crippen LogP contribution in [-0.2, 0) is 0 Å². The number of aromatic nitrogens is 4.